The molecule has 7 heteroatoms. The number of carbonyl (C=O) groups is 3. The molecule has 0 atom stereocenters. The van der Waals surface area contributed by atoms with Gasteiger partial charge in [0.05, 0.1) is 12.1 Å². The van der Waals surface area contributed by atoms with Crippen LogP contribution in [0.3, 0.4) is 0 Å². The van der Waals surface area contributed by atoms with Crippen LogP contribution in [0.2, 0.25) is 0 Å². The number of ketones is 1. The summed E-state index contributed by atoms with van der Waals surface area (Å²) in [6.45, 7) is 8.57. The van der Waals surface area contributed by atoms with Crippen molar-refractivity contribution in [3.05, 3.63) is 35.1 Å². The molecule has 0 aromatic heterocycles. The summed E-state index contributed by atoms with van der Waals surface area (Å²) in [5.74, 6) is -1.33. The first kappa shape index (κ1) is 21.6. The fourth-order valence-electron chi connectivity index (χ4n) is 2.36. The van der Waals surface area contributed by atoms with Gasteiger partial charge in [-0.2, -0.15) is 0 Å². The van der Waals surface area contributed by atoms with Crippen molar-refractivity contribution >= 4 is 17.8 Å². The summed E-state index contributed by atoms with van der Waals surface area (Å²) in [6, 6.07) is 4.39. The van der Waals surface area contributed by atoms with E-state index in [0.29, 0.717) is 5.56 Å². The molecule has 1 aromatic carbocycles. The highest BCUT2D eigenvalue weighted by Crippen LogP contribution is 2.14. The van der Waals surface area contributed by atoms with Crippen LogP contribution in [-0.2, 0) is 9.53 Å². The van der Waals surface area contributed by atoms with E-state index in [9.17, 15) is 18.8 Å². The smallest absolute Gasteiger partial charge is 0.407 e. The molecule has 0 fully saturated rings. The molecular formula is C19H27FN2O4. The van der Waals surface area contributed by atoms with Crippen LogP contribution in [0.25, 0.3) is 0 Å². The lowest BCUT2D eigenvalue weighted by atomic mass is 10.0. The summed E-state index contributed by atoms with van der Waals surface area (Å²) >= 11 is 0. The van der Waals surface area contributed by atoms with Crippen LogP contribution in [0.15, 0.2) is 18.2 Å². The quantitative estimate of drug-likeness (QED) is 0.753. The molecule has 26 heavy (non-hydrogen) atoms. The molecule has 0 saturated carbocycles. The van der Waals surface area contributed by atoms with Crippen LogP contribution in [0.5, 0.6) is 0 Å². The van der Waals surface area contributed by atoms with Crippen molar-refractivity contribution in [2.45, 2.75) is 46.6 Å². The van der Waals surface area contributed by atoms with E-state index in [-0.39, 0.29) is 37.5 Å². The van der Waals surface area contributed by atoms with E-state index in [4.69, 9.17) is 4.74 Å². The summed E-state index contributed by atoms with van der Waals surface area (Å²) < 4.78 is 19.1. The second-order valence-corrected chi connectivity index (χ2v) is 6.95. The number of amides is 2. The molecule has 0 bridgehead atoms. The van der Waals surface area contributed by atoms with Gasteiger partial charge in [-0.25, -0.2) is 9.18 Å². The van der Waals surface area contributed by atoms with E-state index in [1.807, 2.05) is 0 Å². The maximum atomic E-state index is 14.0. The predicted molar refractivity (Wildman–Crippen MR) is 96.6 cm³/mol. The van der Waals surface area contributed by atoms with Crippen molar-refractivity contribution in [3.63, 3.8) is 0 Å². The molecule has 0 unspecified atom stereocenters. The molecule has 6 nitrogen and oxygen atoms in total. The Kier molecular flexibility index (Phi) is 7.74. The average Bonchev–Trinajstić information content (AvgIpc) is 2.51. The van der Waals surface area contributed by atoms with E-state index >= 15 is 0 Å². The number of hydrogen-bond donors (Lipinski definition) is 1. The van der Waals surface area contributed by atoms with Crippen molar-refractivity contribution in [1.29, 1.82) is 0 Å². The number of nitrogens with zero attached hydrogens (tertiary/aromatic N) is 1. The Hall–Kier alpha value is -2.44. The van der Waals surface area contributed by atoms with E-state index in [0.717, 1.165) is 0 Å². The fraction of sp³-hybridized carbons (Fsp3) is 0.526. The van der Waals surface area contributed by atoms with Crippen LogP contribution >= 0.6 is 0 Å². The third kappa shape index (κ3) is 6.82. The van der Waals surface area contributed by atoms with Crippen LogP contribution in [0.4, 0.5) is 9.18 Å². The van der Waals surface area contributed by atoms with Crippen LogP contribution in [0, 0.1) is 12.7 Å². The highest BCUT2D eigenvalue weighted by Gasteiger charge is 2.21. The number of ether oxygens (including phenoxy) is 1. The Morgan fingerprint density at radius 2 is 1.88 bits per heavy atom. The summed E-state index contributed by atoms with van der Waals surface area (Å²) in [7, 11) is 0. The molecule has 1 aromatic rings. The van der Waals surface area contributed by atoms with Gasteiger partial charge in [0.1, 0.15) is 11.4 Å². The number of alkyl carbamates (subject to hydrolysis) is 1. The van der Waals surface area contributed by atoms with Crippen LogP contribution < -0.4 is 5.32 Å². The van der Waals surface area contributed by atoms with Crippen molar-refractivity contribution < 1.29 is 23.5 Å². The van der Waals surface area contributed by atoms with Gasteiger partial charge in [-0.05, 0) is 39.3 Å². The Bertz CT molecular complexity index is 648. The van der Waals surface area contributed by atoms with E-state index in [2.05, 4.69) is 5.32 Å². The van der Waals surface area contributed by atoms with Gasteiger partial charge in [-0.1, -0.05) is 19.1 Å². The fourth-order valence-corrected chi connectivity index (χ4v) is 2.36. The molecule has 0 aliphatic rings. The number of benzene rings is 1. The van der Waals surface area contributed by atoms with Gasteiger partial charge < -0.3 is 15.0 Å². The maximum Gasteiger partial charge on any atom is 0.407 e. The second kappa shape index (κ2) is 9.31. The third-order valence-corrected chi connectivity index (χ3v) is 3.54. The number of nitrogens with one attached hydrogen (secondary N) is 1. The van der Waals surface area contributed by atoms with Crippen molar-refractivity contribution in [2.75, 3.05) is 19.6 Å². The minimum absolute atomic E-state index is 0.0125. The SMILES string of the molecule is CCC(=O)N(CCNC(=O)OC(C)(C)C)CC(=O)c1c(C)cccc1F. The Balaban J connectivity index is 2.72. The zero-order chi connectivity index (χ0) is 19.9. The van der Waals surface area contributed by atoms with Gasteiger partial charge >= 0.3 is 6.09 Å². The molecular weight excluding hydrogens is 339 g/mol. The first-order valence-electron chi connectivity index (χ1n) is 8.58. The normalized spacial score (nSPS) is 11.0. The van der Waals surface area contributed by atoms with Gasteiger partial charge in [0.15, 0.2) is 5.78 Å². The Labute approximate surface area is 153 Å². The Morgan fingerprint density at radius 1 is 1.23 bits per heavy atom. The molecule has 1 rings (SSSR count). The summed E-state index contributed by atoms with van der Waals surface area (Å²) in [5, 5.41) is 2.54. The van der Waals surface area contributed by atoms with Gasteiger partial charge in [-0.3, -0.25) is 9.59 Å². The number of hydrogen-bond acceptors (Lipinski definition) is 4. The first-order valence-corrected chi connectivity index (χ1v) is 8.58. The first-order chi connectivity index (χ1) is 12.0. The summed E-state index contributed by atoms with van der Waals surface area (Å²) in [5.41, 5.74) is -0.117. The number of aryl methyl sites for hydroxylation is 1. The molecule has 0 aliphatic carbocycles. The standard InChI is InChI=1S/C19H27FN2O4/c1-6-16(24)22(11-10-21-18(25)26-19(3,4)5)12-15(23)17-13(2)8-7-9-14(17)20/h7-9H,6,10-12H2,1-5H3,(H,21,25). The number of halogens is 1. The lowest BCUT2D eigenvalue weighted by molar-refractivity contribution is -0.130. The summed E-state index contributed by atoms with van der Waals surface area (Å²) in [6.07, 6.45) is -0.395. The lowest BCUT2D eigenvalue weighted by Crippen LogP contribution is -2.42. The van der Waals surface area contributed by atoms with Crippen LogP contribution in [-0.4, -0.2) is 47.9 Å². The van der Waals surface area contributed by atoms with E-state index in [1.54, 1.807) is 40.7 Å². The number of rotatable bonds is 7. The average molecular weight is 366 g/mol. The van der Waals surface area contributed by atoms with Gasteiger partial charge in [0.25, 0.3) is 0 Å². The summed E-state index contributed by atoms with van der Waals surface area (Å²) in [4.78, 5) is 37.5. The topological polar surface area (TPSA) is 75.7 Å². The monoisotopic (exact) mass is 366 g/mol. The highest BCUT2D eigenvalue weighted by molar-refractivity contribution is 6.00. The second-order valence-electron chi connectivity index (χ2n) is 6.95. The maximum absolute atomic E-state index is 14.0. The predicted octanol–water partition coefficient (Wildman–Crippen LogP) is 3.08. The number of carbonyl (C=O) groups excluding carboxylic acids is 3. The third-order valence-electron chi connectivity index (χ3n) is 3.54. The van der Waals surface area contributed by atoms with Crippen LogP contribution in [0.1, 0.15) is 50.0 Å². The zero-order valence-corrected chi connectivity index (χ0v) is 16.0. The van der Waals surface area contributed by atoms with Crippen molar-refractivity contribution in [3.8, 4) is 0 Å². The van der Waals surface area contributed by atoms with Gasteiger partial charge in [0.2, 0.25) is 5.91 Å². The molecule has 144 valence electrons. The molecule has 2 amide bonds. The van der Waals surface area contributed by atoms with Crippen molar-refractivity contribution in [2.24, 2.45) is 0 Å². The molecule has 0 heterocycles. The molecule has 1 N–H and O–H groups in total. The lowest BCUT2D eigenvalue weighted by Gasteiger charge is -2.23. The van der Waals surface area contributed by atoms with Crippen molar-refractivity contribution in [1.82, 2.24) is 10.2 Å². The minimum Gasteiger partial charge on any atom is -0.444 e. The van der Waals surface area contributed by atoms with Gasteiger partial charge in [-0.15, -0.1) is 0 Å². The Morgan fingerprint density at radius 3 is 2.42 bits per heavy atom. The highest BCUT2D eigenvalue weighted by atomic mass is 19.1. The molecule has 0 saturated heterocycles. The molecule has 0 aliphatic heterocycles. The molecule has 0 spiro atoms. The van der Waals surface area contributed by atoms with Gasteiger partial charge in [0, 0.05) is 19.5 Å². The van der Waals surface area contributed by atoms with E-state index < -0.39 is 23.3 Å². The molecule has 0 radical (unpaired) electrons. The van der Waals surface area contributed by atoms with E-state index in [1.165, 1.54) is 17.0 Å². The zero-order valence-electron chi connectivity index (χ0n) is 16.0. The minimum atomic E-state index is -0.624. The number of Topliss-reactive ketones (excluding diaryl/α,β-unsaturated/α-hetero) is 1. The largest absolute Gasteiger partial charge is 0.444 e.